The third-order valence-electron chi connectivity index (χ3n) is 3.89. The molecule has 0 radical (unpaired) electrons. The van der Waals surface area contributed by atoms with Crippen LogP contribution in [0.2, 0.25) is 0 Å². The average Bonchev–Trinajstić information content (AvgIpc) is 2.65. The molecule has 9 nitrogen and oxygen atoms in total. The fourth-order valence-corrected chi connectivity index (χ4v) is 2.57. The van der Waals surface area contributed by atoms with Gasteiger partial charge in [-0.3, -0.25) is 24.3 Å². The summed E-state index contributed by atoms with van der Waals surface area (Å²) in [5, 5.41) is 11.0. The summed E-state index contributed by atoms with van der Waals surface area (Å²) < 4.78 is 5.78. The number of carbonyl (C=O) groups is 1. The molecule has 0 saturated heterocycles. The van der Waals surface area contributed by atoms with Gasteiger partial charge in [0.1, 0.15) is 0 Å². The van der Waals surface area contributed by atoms with E-state index in [0.717, 1.165) is 4.57 Å². The van der Waals surface area contributed by atoms with E-state index in [4.69, 9.17) is 0 Å². The lowest BCUT2D eigenvalue weighted by molar-refractivity contribution is -0.384. The van der Waals surface area contributed by atoms with Gasteiger partial charge in [0.15, 0.2) is 0 Å². The Morgan fingerprint density at radius 1 is 1.19 bits per heavy atom. The first-order valence-electron chi connectivity index (χ1n) is 7.49. The monoisotopic (exact) mass is 355 g/mol. The van der Waals surface area contributed by atoms with Crippen molar-refractivity contribution in [1.29, 1.82) is 0 Å². The van der Waals surface area contributed by atoms with Crippen molar-refractivity contribution >= 4 is 22.7 Å². The number of H-pyrrole nitrogens is 1. The zero-order valence-electron chi connectivity index (χ0n) is 13.6. The van der Waals surface area contributed by atoms with Crippen LogP contribution >= 0.6 is 0 Å². The second-order valence-corrected chi connectivity index (χ2v) is 5.49. The Morgan fingerprint density at radius 3 is 2.50 bits per heavy atom. The van der Waals surface area contributed by atoms with Crippen LogP contribution in [-0.4, -0.2) is 27.6 Å². The normalized spacial score (nSPS) is 10.7. The zero-order chi connectivity index (χ0) is 18.8. The van der Waals surface area contributed by atoms with Crippen molar-refractivity contribution < 1.29 is 14.5 Å². The minimum Gasteiger partial charge on any atom is -0.465 e. The maximum atomic E-state index is 12.3. The van der Waals surface area contributed by atoms with Gasteiger partial charge in [-0.25, -0.2) is 4.79 Å². The van der Waals surface area contributed by atoms with E-state index in [1.165, 1.54) is 37.4 Å². The molecule has 3 aromatic rings. The van der Waals surface area contributed by atoms with Gasteiger partial charge in [0.25, 0.3) is 5.69 Å². The fraction of sp³-hybridized carbons (Fsp3) is 0.118. The lowest BCUT2D eigenvalue weighted by Gasteiger charge is -2.10. The van der Waals surface area contributed by atoms with Gasteiger partial charge in [0.05, 0.1) is 35.2 Å². The predicted molar refractivity (Wildman–Crippen MR) is 92.4 cm³/mol. The molecule has 1 N–H and O–H groups in total. The third kappa shape index (κ3) is 3.09. The van der Waals surface area contributed by atoms with Gasteiger partial charge in [-0.2, -0.15) is 0 Å². The first-order valence-corrected chi connectivity index (χ1v) is 7.49. The number of aromatic amines is 1. The Balaban J connectivity index is 2.11. The van der Waals surface area contributed by atoms with E-state index in [1.807, 2.05) is 0 Å². The lowest BCUT2D eigenvalue weighted by atomic mass is 10.1. The molecule has 0 fully saturated rings. The molecule has 0 bridgehead atoms. The number of methoxy groups -OCH3 is 1. The molecule has 3 rings (SSSR count). The topological polar surface area (TPSA) is 124 Å². The molecule has 1 heterocycles. The predicted octanol–water partition coefficient (Wildman–Crippen LogP) is 1.43. The molecule has 0 aliphatic heterocycles. The summed E-state index contributed by atoms with van der Waals surface area (Å²) in [5.41, 5.74) is -0.313. The molecule has 26 heavy (non-hydrogen) atoms. The summed E-state index contributed by atoms with van der Waals surface area (Å²) >= 11 is 0. The highest BCUT2D eigenvalue weighted by Gasteiger charge is 2.13. The van der Waals surface area contributed by atoms with E-state index in [1.54, 1.807) is 12.1 Å². The van der Waals surface area contributed by atoms with Gasteiger partial charge in [-0.1, -0.05) is 12.1 Å². The molecule has 0 aliphatic rings. The second kappa shape index (κ2) is 6.63. The number of rotatable bonds is 4. The van der Waals surface area contributed by atoms with E-state index in [9.17, 15) is 24.5 Å². The number of nitro groups is 1. The van der Waals surface area contributed by atoms with Gasteiger partial charge in [0.2, 0.25) is 0 Å². The summed E-state index contributed by atoms with van der Waals surface area (Å²) in [6.45, 7) is 0.0157. The number of ether oxygens (including phenoxy) is 1. The first kappa shape index (κ1) is 17.1. The van der Waals surface area contributed by atoms with E-state index in [2.05, 4.69) is 9.72 Å². The summed E-state index contributed by atoms with van der Waals surface area (Å²) in [6.07, 6.45) is 0. The van der Waals surface area contributed by atoms with Crippen molar-refractivity contribution in [2.24, 2.45) is 0 Å². The third-order valence-corrected chi connectivity index (χ3v) is 3.89. The standard InChI is InChI=1S/C17H13N3O6/c1-26-17(23)11-4-2-10(3-5-11)9-19-14-8-12(20(24)25)6-7-13(14)18-15(21)16(19)22/h2-8H,9H2,1H3,(H,18,21). The number of nitrogens with zero attached hydrogens (tertiary/aromatic N) is 2. The summed E-state index contributed by atoms with van der Waals surface area (Å²) in [6, 6.07) is 10.2. The van der Waals surface area contributed by atoms with Crippen molar-refractivity contribution in [2.75, 3.05) is 7.11 Å². The Bertz CT molecular complexity index is 1130. The van der Waals surface area contributed by atoms with Crippen LogP contribution in [0.25, 0.3) is 11.0 Å². The van der Waals surface area contributed by atoms with E-state index in [0.29, 0.717) is 16.6 Å². The average molecular weight is 355 g/mol. The molecule has 0 atom stereocenters. The van der Waals surface area contributed by atoms with Crippen LogP contribution in [-0.2, 0) is 11.3 Å². The molecule has 0 unspecified atom stereocenters. The minimum absolute atomic E-state index is 0.0157. The van der Waals surface area contributed by atoms with E-state index in [-0.39, 0.29) is 17.7 Å². The van der Waals surface area contributed by atoms with Crippen LogP contribution in [0.15, 0.2) is 52.1 Å². The quantitative estimate of drug-likeness (QED) is 0.327. The number of hydrogen-bond donors (Lipinski definition) is 1. The lowest BCUT2D eigenvalue weighted by Crippen LogP contribution is -2.36. The second-order valence-electron chi connectivity index (χ2n) is 5.49. The molecule has 9 heteroatoms. The number of benzene rings is 2. The Morgan fingerprint density at radius 2 is 1.88 bits per heavy atom. The van der Waals surface area contributed by atoms with Gasteiger partial charge in [-0.15, -0.1) is 0 Å². The number of non-ortho nitro benzene ring substituents is 1. The molecule has 0 aliphatic carbocycles. The molecule has 132 valence electrons. The highest BCUT2D eigenvalue weighted by molar-refractivity contribution is 5.89. The molecule has 1 aromatic heterocycles. The molecule has 0 saturated carbocycles. The van der Waals surface area contributed by atoms with Crippen LogP contribution < -0.4 is 11.1 Å². The van der Waals surface area contributed by atoms with Crippen molar-refractivity contribution in [3.8, 4) is 0 Å². The summed E-state index contributed by atoms with van der Waals surface area (Å²) in [5.74, 6) is -0.494. The summed E-state index contributed by atoms with van der Waals surface area (Å²) in [7, 11) is 1.27. The van der Waals surface area contributed by atoms with Crippen LogP contribution in [0.5, 0.6) is 0 Å². The molecular weight excluding hydrogens is 342 g/mol. The number of hydrogen-bond acceptors (Lipinski definition) is 6. The minimum atomic E-state index is -0.824. The van der Waals surface area contributed by atoms with Crippen molar-refractivity contribution in [2.45, 2.75) is 6.54 Å². The zero-order valence-corrected chi connectivity index (χ0v) is 13.6. The van der Waals surface area contributed by atoms with Gasteiger partial charge in [0, 0.05) is 12.1 Å². The molecular formula is C17H13N3O6. The largest absolute Gasteiger partial charge is 0.465 e. The highest BCUT2D eigenvalue weighted by Crippen LogP contribution is 2.18. The van der Waals surface area contributed by atoms with Gasteiger partial charge >= 0.3 is 17.1 Å². The number of esters is 1. The number of aromatic nitrogens is 2. The van der Waals surface area contributed by atoms with Crippen molar-refractivity contribution in [3.63, 3.8) is 0 Å². The molecule has 2 aromatic carbocycles. The highest BCUT2D eigenvalue weighted by atomic mass is 16.6. The number of fused-ring (bicyclic) bond motifs is 1. The van der Waals surface area contributed by atoms with Crippen LogP contribution in [0.3, 0.4) is 0 Å². The summed E-state index contributed by atoms with van der Waals surface area (Å²) in [4.78, 5) is 48.4. The van der Waals surface area contributed by atoms with Crippen LogP contribution in [0.4, 0.5) is 5.69 Å². The van der Waals surface area contributed by atoms with Crippen LogP contribution in [0.1, 0.15) is 15.9 Å². The maximum absolute atomic E-state index is 12.3. The van der Waals surface area contributed by atoms with Gasteiger partial charge in [-0.05, 0) is 23.8 Å². The van der Waals surface area contributed by atoms with Crippen molar-refractivity contribution in [1.82, 2.24) is 9.55 Å². The maximum Gasteiger partial charge on any atom is 0.337 e. The van der Waals surface area contributed by atoms with E-state index >= 15 is 0 Å². The van der Waals surface area contributed by atoms with Crippen LogP contribution in [0, 0.1) is 10.1 Å². The Labute approximate surface area is 145 Å². The van der Waals surface area contributed by atoms with Gasteiger partial charge < -0.3 is 9.72 Å². The first-order chi connectivity index (χ1) is 12.4. The molecule has 0 spiro atoms. The van der Waals surface area contributed by atoms with Crippen molar-refractivity contribution in [3.05, 3.63) is 84.4 Å². The van der Waals surface area contributed by atoms with E-state index < -0.39 is 22.0 Å². The molecule has 0 amide bonds. The fourth-order valence-electron chi connectivity index (χ4n) is 2.57. The number of carbonyl (C=O) groups excluding carboxylic acids is 1. The Kier molecular flexibility index (Phi) is 4.36. The smallest absolute Gasteiger partial charge is 0.337 e. The Hall–Kier alpha value is -3.75. The number of nitro benzene ring substituents is 1. The SMILES string of the molecule is COC(=O)c1ccc(Cn2c(=O)c(=O)[nH]c3ccc([N+](=O)[O-])cc32)cc1. The number of nitrogens with one attached hydrogen (secondary N) is 1.